The van der Waals surface area contributed by atoms with Crippen LogP contribution in [-0.2, 0) is 9.53 Å². The third-order valence-electron chi connectivity index (χ3n) is 2.74. The van der Waals surface area contributed by atoms with Crippen LogP contribution >= 0.6 is 27.5 Å². The molecule has 98 valence electrons. The summed E-state index contributed by atoms with van der Waals surface area (Å²) in [5, 5.41) is 6.56. The van der Waals surface area contributed by atoms with Crippen molar-refractivity contribution in [3.8, 4) is 0 Å². The van der Waals surface area contributed by atoms with Crippen LogP contribution in [0.4, 0.5) is 5.69 Å². The molecule has 0 bridgehead atoms. The first kappa shape index (κ1) is 13.8. The molecule has 2 N–H and O–H groups in total. The van der Waals surface area contributed by atoms with E-state index in [-0.39, 0.29) is 11.9 Å². The molecular formula is C12H14BrClN2O2. The topological polar surface area (TPSA) is 50.4 Å². The number of hydrogen-bond acceptors (Lipinski definition) is 3. The number of halogens is 2. The summed E-state index contributed by atoms with van der Waals surface area (Å²) >= 11 is 9.45. The van der Waals surface area contributed by atoms with E-state index in [1.165, 1.54) is 0 Å². The van der Waals surface area contributed by atoms with Crippen LogP contribution in [0.2, 0.25) is 5.02 Å². The van der Waals surface area contributed by atoms with Crippen molar-refractivity contribution in [2.45, 2.75) is 13.0 Å². The Kier molecular flexibility index (Phi) is 4.61. The second-order valence-corrected chi connectivity index (χ2v) is 5.41. The average molecular weight is 334 g/mol. The lowest BCUT2D eigenvalue weighted by atomic mass is 10.2. The smallest absolute Gasteiger partial charge is 0.243 e. The maximum absolute atomic E-state index is 12.0. The van der Waals surface area contributed by atoms with E-state index in [4.69, 9.17) is 16.3 Å². The molecule has 0 aliphatic carbocycles. The molecule has 1 fully saturated rings. The highest BCUT2D eigenvalue weighted by atomic mass is 79.9. The predicted octanol–water partition coefficient (Wildman–Crippen LogP) is 2.34. The van der Waals surface area contributed by atoms with Gasteiger partial charge in [-0.15, -0.1) is 0 Å². The first-order valence-electron chi connectivity index (χ1n) is 5.65. The van der Waals surface area contributed by atoms with Crippen molar-refractivity contribution in [3.63, 3.8) is 0 Å². The molecule has 2 rings (SSSR count). The molecule has 1 amide bonds. The van der Waals surface area contributed by atoms with Gasteiger partial charge in [0, 0.05) is 16.0 Å². The largest absolute Gasteiger partial charge is 0.378 e. The minimum atomic E-state index is -0.314. The van der Waals surface area contributed by atoms with Crippen molar-refractivity contribution in [1.82, 2.24) is 5.32 Å². The summed E-state index contributed by atoms with van der Waals surface area (Å²) in [6.07, 6.45) is 0. The number of nitrogens with one attached hydrogen (secondary N) is 2. The van der Waals surface area contributed by atoms with Gasteiger partial charge < -0.3 is 15.4 Å². The van der Waals surface area contributed by atoms with Crippen LogP contribution in [0.1, 0.15) is 5.56 Å². The van der Waals surface area contributed by atoms with E-state index < -0.39 is 0 Å². The minimum Gasteiger partial charge on any atom is -0.378 e. The highest BCUT2D eigenvalue weighted by Gasteiger charge is 2.21. The first-order chi connectivity index (χ1) is 8.58. The van der Waals surface area contributed by atoms with Crippen LogP contribution in [0.5, 0.6) is 0 Å². The third-order valence-corrected chi connectivity index (χ3v) is 3.81. The zero-order valence-corrected chi connectivity index (χ0v) is 12.3. The monoisotopic (exact) mass is 332 g/mol. The van der Waals surface area contributed by atoms with Gasteiger partial charge in [-0.3, -0.25) is 4.79 Å². The van der Waals surface area contributed by atoms with Crippen LogP contribution in [-0.4, -0.2) is 31.7 Å². The standard InChI is InChI=1S/C12H14BrClN2O2/c1-7-4-8(13)10(5-9(7)14)16-12(17)11-6-18-3-2-15-11/h4-5,11,15H,2-3,6H2,1H3,(H,16,17). The van der Waals surface area contributed by atoms with Crippen LogP contribution in [0, 0.1) is 6.92 Å². The van der Waals surface area contributed by atoms with Gasteiger partial charge in [-0.25, -0.2) is 0 Å². The van der Waals surface area contributed by atoms with Crippen molar-refractivity contribution in [1.29, 1.82) is 0 Å². The fraction of sp³-hybridized carbons (Fsp3) is 0.417. The van der Waals surface area contributed by atoms with Gasteiger partial charge in [0.2, 0.25) is 5.91 Å². The maximum atomic E-state index is 12.0. The fourth-order valence-electron chi connectivity index (χ4n) is 1.70. The Balaban J connectivity index is 2.08. The molecule has 1 atom stereocenters. The fourth-order valence-corrected chi connectivity index (χ4v) is 2.42. The number of ether oxygens (including phenoxy) is 1. The van der Waals surface area contributed by atoms with Crippen molar-refractivity contribution in [3.05, 3.63) is 27.2 Å². The van der Waals surface area contributed by atoms with Gasteiger partial charge in [0.05, 0.1) is 18.9 Å². The quantitative estimate of drug-likeness (QED) is 0.873. The van der Waals surface area contributed by atoms with Crippen molar-refractivity contribution in [2.75, 3.05) is 25.1 Å². The zero-order chi connectivity index (χ0) is 13.1. The van der Waals surface area contributed by atoms with E-state index in [0.29, 0.717) is 30.5 Å². The third kappa shape index (κ3) is 3.23. The number of hydrogen-bond donors (Lipinski definition) is 2. The van der Waals surface area contributed by atoms with E-state index in [9.17, 15) is 4.79 Å². The molecule has 0 saturated carbocycles. The van der Waals surface area contributed by atoms with Gasteiger partial charge in [-0.2, -0.15) is 0 Å². The molecule has 1 aliphatic heterocycles. The van der Waals surface area contributed by atoms with Crippen molar-refractivity contribution >= 4 is 39.1 Å². The Bertz CT molecular complexity index is 462. The number of amides is 1. The second kappa shape index (κ2) is 6.02. The van der Waals surface area contributed by atoms with Gasteiger partial charge in [0.1, 0.15) is 6.04 Å². The average Bonchev–Trinajstić information content (AvgIpc) is 2.37. The molecule has 1 unspecified atom stereocenters. The summed E-state index contributed by atoms with van der Waals surface area (Å²) in [4.78, 5) is 12.0. The zero-order valence-electron chi connectivity index (χ0n) is 9.93. The molecule has 1 saturated heterocycles. The predicted molar refractivity (Wildman–Crippen MR) is 75.1 cm³/mol. The Morgan fingerprint density at radius 3 is 3.06 bits per heavy atom. The molecule has 0 radical (unpaired) electrons. The summed E-state index contributed by atoms with van der Waals surface area (Å²) in [7, 11) is 0. The summed E-state index contributed by atoms with van der Waals surface area (Å²) in [6, 6.07) is 3.30. The van der Waals surface area contributed by atoms with E-state index in [1.54, 1.807) is 6.07 Å². The van der Waals surface area contributed by atoms with Gasteiger partial charge in [-0.05, 0) is 40.5 Å². The van der Waals surface area contributed by atoms with Gasteiger partial charge in [0.25, 0.3) is 0 Å². The molecule has 1 aromatic rings. The molecule has 0 aromatic heterocycles. The normalized spacial score (nSPS) is 19.6. The van der Waals surface area contributed by atoms with E-state index in [2.05, 4.69) is 26.6 Å². The molecule has 6 heteroatoms. The summed E-state index contributed by atoms with van der Waals surface area (Å²) in [6.45, 7) is 3.63. The van der Waals surface area contributed by atoms with Crippen LogP contribution in [0.15, 0.2) is 16.6 Å². The van der Waals surface area contributed by atoms with Crippen LogP contribution in [0.3, 0.4) is 0 Å². The SMILES string of the molecule is Cc1cc(Br)c(NC(=O)C2COCCN2)cc1Cl. The van der Waals surface area contributed by atoms with Crippen molar-refractivity contribution < 1.29 is 9.53 Å². The number of carbonyl (C=O) groups is 1. The highest BCUT2D eigenvalue weighted by molar-refractivity contribution is 9.10. The van der Waals surface area contributed by atoms with Gasteiger partial charge in [-0.1, -0.05) is 11.6 Å². The lowest BCUT2D eigenvalue weighted by Crippen LogP contribution is -2.48. The molecule has 1 heterocycles. The molecule has 1 aromatic carbocycles. The Morgan fingerprint density at radius 1 is 1.61 bits per heavy atom. The maximum Gasteiger partial charge on any atom is 0.243 e. The lowest BCUT2D eigenvalue weighted by Gasteiger charge is -2.23. The Hall–Kier alpha value is -0.620. The summed E-state index contributed by atoms with van der Waals surface area (Å²) < 4.78 is 6.07. The molecule has 4 nitrogen and oxygen atoms in total. The van der Waals surface area contributed by atoms with Gasteiger partial charge in [0.15, 0.2) is 0 Å². The molecular weight excluding hydrogens is 320 g/mol. The summed E-state index contributed by atoms with van der Waals surface area (Å²) in [5.74, 6) is -0.115. The highest BCUT2D eigenvalue weighted by Crippen LogP contribution is 2.29. The van der Waals surface area contributed by atoms with E-state index in [0.717, 1.165) is 10.0 Å². The van der Waals surface area contributed by atoms with Crippen LogP contribution in [0.25, 0.3) is 0 Å². The first-order valence-corrected chi connectivity index (χ1v) is 6.82. The van der Waals surface area contributed by atoms with Crippen LogP contribution < -0.4 is 10.6 Å². The Morgan fingerprint density at radius 2 is 2.39 bits per heavy atom. The molecule has 0 spiro atoms. The number of benzene rings is 1. The number of carbonyl (C=O) groups excluding carboxylic acids is 1. The van der Waals surface area contributed by atoms with E-state index in [1.807, 2.05) is 13.0 Å². The Labute approximate surface area is 119 Å². The molecule has 18 heavy (non-hydrogen) atoms. The minimum absolute atomic E-state index is 0.115. The number of anilines is 1. The number of aryl methyl sites for hydroxylation is 1. The lowest BCUT2D eigenvalue weighted by molar-refractivity contribution is -0.120. The van der Waals surface area contributed by atoms with E-state index >= 15 is 0 Å². The number of morpholine rings is 1. The van der Waals surface area contributed by atoms with Crippen molar-refractivity contribution in [2.24, 2.45) is 0 Å². The molecule has 1 aliphatic rings. The van der Waals surface area contributed by atoms with Gasteiger partial charge >= 0.3 is 0 Å². The number of rotatable bonds is 2. The second-order valence-electron chi connectivity index (χ2n) is 4.15. The summed E-state index contributed by atoms with van der Waals surface area (Å²) in [5.41, 5.74) is 1.63.